The Morgan fingerprint density at radius 1 is 1.53 bits per heavy atom. The molecule has 0 aromatic carbocycles. The summed E-state index contributed by atoms with van der Waals surface area (Å²) in [4.78, 5) is 16.2. The van der Waals surface area contributed by atoms with E-state index in [0.29, 0.717) is 11.0 Å². The van der Waals surface area contributed by atoms with Crippen molar-refractivity contribution in [2.24, 2.45) is 17.3 Å². The Kier molecular flexibility index (Phi) is 3.08. The van der Waals surface area contributed by atoms with Gasteiger partial charge in [0.05, 0.1) is 5.92 Å². The van der Waals surface area contributed by atoms with E-state index in [0.717, 1.165) is 0 Å². The second-order valence-electron chi connectivity index (χ2n) is 5.40. The van der Waals surface area contributed by atoms with Crippen LogP contribution in [0.25, 0.3) is 0 Å². The van der Waals surface area contributed by atoms with Crippen molar-refractivity contribution in [3.05, 3.63) is 23.2 Å². The Hall–Kier alpha value is -1.16. The number of anilines is 1. The van der Waals surface area contributed by atoms with Crippen LogP contribution in [0, 0.1) is 17.3 Å². The number of hydrogen-bond donors (Lipinski definition) is 1. The topological polar surface area (TPSA) is 42.0 Å². The predicted octanol–water partition coefficient (Wildman–Crippen LogP) is 3.32. The number of nitrogens with zero attached hydrogens (tertiary/aromatic N) is 1. The fourth-order valence-corrected chi connectivity index (χ4v) is 2.85. The summed E-state index contributed by atoms with van der Waals surface area (Å²) >= 11 is 1.45. The number of carbonyl (C=O) groups excluding carboxylic acids is 1. The van der Waals surface area contributed by atoms with Crippen LogP contribution < -0.4 is 5.32 Å². The summed E-state index contributed by atoms with van der Waals surface area (Å²) in [6.45, 7) is 8.43. The first-order valence-electron chi connectivity index (χ1n) is 5.78. The number of thiazole rings is 1. The molecule has 3 nitrogen and oxygen atoms in total. The van der Waals surface area contributed by atoms with Crippen LogP contribution in [0.15, 0.2) is 23.2 Å². The zero-order valence-corrected chi connectivity index (χ0v) is 11.5. The maximum atomic E-state index is 12.1. The molecule has 1 aliphatic rings. The number of aromatic nitrogens is 1. The zero-order valence-electron chi connectivity index (χ0n) is 10.7. The van der Waals surface area contributed by atoms with Gasteiger partial charge in [0.2, 0.25) is 5.91 Å². The van der Waals surface area contributed by atoms with E-state index in [-0.39, 0.29) is 17.2 Å². The summed E-state index contributed by atoms with van der Waals surface area (Å²) in [5.41, 5.74) is 1.34. The minimum atomic E-state index is 0.0681. The largest absolute Gasteiger partial charge is 0.302 e. The third-order valence-corrected chi connectivity index (χ3v) is 4.06. The standard InChI is InChI=1S/C13H18N2OS/c1-8(2)7-9-10(13(9,3)4)11(16)15-12-14-5-6-17-12/h5-7,9-10H,1-4H3,(H,14,15,16). The number of amides is 1. The molecule has 4 heteroatoms. The average Bonchev–Trinajstić information content (AvgIpc) is 2.64. The second kappa shape index (κ2) is 4.26. The first-order valence-corrected chi connectivity index (χ1v) is 6.66. The highest BCUT2D eigenvalue weighted by Crippen LogP contribution is 2.59. The molecule has 1 N–H and O–H groups in total. The van der Waals surface area contributed by atoms with Crippen LogP contribution >= 0.6 is 11.3 Å². The number of nitrogens with one attached hydrogen (secondary N) is 1. The minimum absolute atomic E-state index is 0.0681. The van der Waals surface area contributed by atoms with Crippen LogP contribution in [-0.2, 0) is 4.79 Å². The van der Waals surface area contributed by atoms with Gasteiger partial charge in [-0.25, -0.2) is 4.98 Å². The molecular formula is C13H18N2OS. The van der Waals surface area contributed by atoms with E-state index in [9.17, 15) is 4.79 Å². The third kappa shape index (κ3) is 2.41. The summed E-state index contributed by atoms with van der Waals surface area (Å²) in [7, 11) is 0. The van der Waals surface area contributed by atoms with E-state index in [4.69, 9.17) is 0 Å². The highest BCUT2D eigenvalue weighted by Gasteiger charge is 2.60. The van der Waals surface area contributed by atoms with Crippen LogP contribution in [0.4, 0.5) is 5.13 Å². The number of carbonyl (C=O) groups is 1. The molecule has 1 fully saturated rings. The summed E-state index contributed by atoms with van der Waals surface area (Å²) in [6.07, 6.45) is 3.90. The Morgan fingerprint density at radius 2 is 2.24 bits per heavy atom. The molecule has 1 heterocycles. The van der Waals surface area contributed by atoms with Gasteiger partial charge in [0.1, 0.15) is 0 Å². The van der Waals surface area contributed by atoms with Gasteiger partial charge in [0.25, 0.3) is 0 Å². The highest BCUT2D eigenvalue weighted by molar-refractivity contribution is 7.13. The van der Waals surface area contributed by atoms with Crippen LogP contribution in [0.1, 0.15) is 27.7 Å². The van der Waals surface area contributed by atoms with E-state index in [1.165, 1.54) is 16.9 Å². The Bertz CT molecular complexity index is 444. The van der Waals surface area contributed by atoms with E-state index < -0.39 is 0 Å². The van der Waals surface area contributed by atoms with Crippen molar-refractivity contribution in [2.75, 3.05) is 5.32 Å². The molecule has 0 spiro atoms. The van der Waals surface area contributed by atoms with Crippen LogP contribution in [0.5, 0.6) is 0 Å². The molecule has 92 valence electrons. The molecule has 2 unspecified atom stereocenters. The van der Waals surface area contributed by atoms with Crippen molar-refractivity contribution in [1.29, 1.82) is 0 Å². The Balaban J connectivity index is 2.04. The number of allylic oxidation sites excluding steroid dienone is 2. The lowest BCUT2D eigenvalue weighted by Gasteiger charge is -2.02. The Morgan fingerprint density at radius 3 is 2.76 bits per heavy atom. The lowest BCUT2D eigenvalue weighted by atomic mass is 10.1. The van der Waals surface area contributed by atoms with Crippen molar-refractivity contribution in [2.45, 2.75) is 27.7 Å². The molecule has 0 saturated heterocycles. The van der Waals surface area contributed by atoms with E-state index in [2.05, 4.69) is 44.1 Å². The first kappa shape index (κ1) is 12.3. The number of hydrogen-bond acceptors (Lipinski definition) is 3. The fourth-order valence-electron chi connectivity index (χ4n) is 2.32. The van der Waals surface area contributed by atoms with Gasteiger partial charge in [-0.15, -0.1) is 11.3 Å². The van der Waals surface area contributed by atoms with E-state index >= 15 is 0 Å². The van der Waals surface area contributed by atoms with Crippen molar-refractivity contribution >= 4 is 22.4 Å². The molecule has 0 bridgehead atoms. The monoisotopic (exact) mass is 250 g/mol. The van der Waals surface area contributed by atoms with E-state index in [1.54, 1.807) is 6.20 Å². The van der Waals surface area contributed by atoms with Gasteiger partial charge >= 0.3 is 0 Å². The highest BCUT2D eigenvalue weighted by atomic mass is 32.1. The second-order valence-corrected chi connectivity index (χ2v) is 6.29. The molecule has 1 aliphatic carbocycles. The van der Waals surface area contributed by atoms with Crippen LogP contribution in [-0.4, -0.2) is 10.9 Å². The normalized spacial score (nSPS) is 25.2. The smallest absolute Gasteiger partial charge is 0.230 e. The molecule has 0 radical (unpaired) electrons. The lowest BCUT2D eigenvalue weighted by Crippen LogP contribution is -2.16. The third-order valence-electron chi connectivity index (χ3n) is 3.37. The molecule has 2 atom stereocenters. The predicted molar refractivity (Wildman–Crippen MR) is 70.9 cm³/mol. The lowest BCUT2D eigenvalue weighted by molar-refractivity contribution is -0.118. The molecule has 1 amide bonds. The van der Waals surface area contributed by atoms with Gasteiger partial charge in [0, 0.05) is 11.6 Å². The summed E-state index contributed by atoms with van der Waals surface area (Å²) in [6, 6.07) is 0. The molecule has 1 saturated carbocycles. The Labute approximate surface area is 106 Å². The van der Waals surface area contributed by atoms with Crippen LogP contribution in [0.2, 0.25) is 0 Å². The van der Waals surface area contributed by atoms with Crippen molar-refractivity contribution in [3.63, 3.8) is 0 Å². The van der Waals surface area contributed by atoms with E-state index in [1.807, 2.05) is 5.38 Å². The minimum Gasteiger partial charge on any atom is -0.302 e. The van der Waals surface area contributed by atoms with Gasteiger partial charge in [0.15, 0.2) is 5.13 Å². The number of rotatable bonds is 3. The fraction of sp³-hybridized carbons (Fsp3) is 0.538. The van der Waals surface area contributed by atoms with Gasteiger partial charge in [-0.05, 0) is 25.2 Å². The molecular weight excluding hydrogens is 232 g/mol. The average molecular weight is 250 g/mol. The molecule has 0 aliphatic heterocycles. The quantitative estimate of drug-likeness (QED) is 0.836. The van der Waals surface area contributed by atoms with Gasteiger partial charge in [-0.2, -0.15) is 0 Å². The van der Waals surface area contributed by atoms with Crippen LogP contribution in [0.3, 0.4) is 0 Å². The summed E-state index contributed by atoms with van der Waals surface area (Å²) < 4.78 is 0. The molecule has 17 heavy (non-hydrogen) atoms. The molecule has 1 aromatic heterocycles. The van der Waals surface area contributed by atoms with Gasteiger partial charge in [-0.3, -0.25) is 4.79 Å². The molecule has 2 rings (SSSR count). The van der Waals surface area contributed by atoms with Gasteiger partial charge in [-0.1, -0.05) is 25.5 Å². The summed E-state index contributed by atoms with van der Waals surface area (Å²) in [5.74, 6) is 0.515. The molecule has 1 aromatic rings. The zero-order chi connectivity index (χ0) is 12.6. The SMILES string of the molecule is CC(C)=CC1C(C(=O)Nc2nccs2)C1(C)C. The summed E-state index contributed by atoms with van der Waals surface area (Å²) in [5, 5.41) is 5.43. The van der Waals surface area contributed by atoms with Crippen molar-refractivity contribution in [3.8, 4) is 0 Å². The van der Waals surface area contributed by atoms with Crippen molar-refractivity contribution in [1.82, 2.24) is 4.98 Å². The van der Waals surface area contributed by atoms with Gasteiger partial charge < -0.3 is 5.32 Å². The maximum absolute atomic E-state index is 12.1. The first-order chi connectivity index (χ1) is 7.93. The van der Waals surface area contributed by atoms with Crippen molar-refractivity contribution < 1.29 is 4.79 Å². The maximum Gasteiger partial charge on any atom is 0.230 e.